The van der Waals surface area contributed by atoms with Gasteiger partial charge in [-0.05, 0) is 25.0 Å². The Morgan fingerprint density at radius 2 is 2.00 bits per heavy atom. The molecule has 0 aliphatic heterocycles. The van der Waals surface area contributed by atoms with Crippen molar-refractivity contribution in [1.29, 1.82) is 0 Å². The second-order valence-electron chi connectivity index (χ2n) is 4.13. The maximum Gasteiger partial charge on any atom is 0.411 e. The molecule has 1 aliphatic carbocycles. The summed E-state index contributed by atoms with van der Waals surface area (Å²) in [7, 11) is 0. The molecule has 2 rings (SSSR count). The van der Waals surface area contributed by atoms with Gasteiger partial charge < -0.3 is 14.5 Å². The molecule has 0 unspecified atom stereocenters. The molecule has 1 fully saturated rings. The highest BCUT2D eigenvalue weighted by Gasteiger charge is 2.27. The van der Waals surface area contributed by atoms with Crippen molar-refractivity contribution in [3.8, 4) is 0 Å². The highest BCUT2D eigenvalue weighted by atomic mass is 19.4. The molecule has 0 aromatic carbocycles. The number of rotatable bonds is 6. The predicted octanol–water partition coefficient (Wildman–Crippen LogP) is 2.61. The topological polar surface area (TPSA) is 34.4 Å². The SMILES string of the molecule is FC(F)(F)COCc1ccc(CNC2CC2)o1. The number of halogens is 3. The molecule has 1 aliphatic rings. The average molecular weight is 249 g/mol. The first-order valence-corrected chi connectivity index (χ1v) is 5.48. The Kier molecular flexibility index (Phi) is 3.73. The van der Waals surface area contributed by atoms with E-state index >= 15 is 0 Å². The maximum absolute atomic E-state index is 11.8. The zero-order valence-corrected chi connectivity index (χ0v) is 9.22. The van der Waals surface area contributed by atoms with Crippen LogP contribution in [0.2, 0.25) is 0 Å². The Morgan fingerprint density at radius 3 is 2.65 bits per heavy atom. The minimum Gasteiger partial charge on any atom is -0.462 e. The number of hydrogen-bond donors (Lipinski definition) is 1. The smallest absolute Gasteiger partial charge is 0.411 e. The lowest BCUT2D eigenvalue weighted by molar-refractivity contribution is -0.177. The molecular weight excluding hydrogens is 235 g/mol. The molecule has 0 amide bonds. The molecule has 1 N–H and O–H groups in total. The van der Waals surface area contributed by atoms with Crippen LogP contribution in [0.1, 0.15) is 24.4 Å². The molecule has 1 saturated carbocycles. The van der Waals surface area contributed by atoms with Gasteiger partial charge in [0, 0.05) is 6.04 Å². The normalized spacial score (nSPS) is 16.4. The van der Waals surface area contributed by atoms with Gasteiger partial charge in [0.15, 0.2) is 0 Å². The van der Waals surface area contributed by atoms with Crippen molar-refractivity contribution in [2.24, 2.45) is 0 Å². The van der Waals surface area contributed by atoms with E-state index in [1.807, 2.05) is 0 Å². The van der Waals surface area contributed by atoms with Crippen molar-refractivity contribution in [2.75, 3.05) is 6.61 Å². The van der Waals surface area contributed by atoms with E-state index in [2.05, 4.69) is 10.1 Å². The van der Waals surface area contributed by atoms with E-state index in [4.69, 9.17) is 4.42 Å². The molecule has 17 heavy (non-hydrogen) atoms. The molecule has 1 aromatic heterocycles. The van der Waals surface area contributed by atoms with Gasteiger partial charge in [0.05, 0.1) is 6.54 Å². The van der Waals surface area contributed by atoms with E-state index in [9.17, 15) is 13.2 Å². The lowest BCUT2D eigenvalue weighted by Gasteiger charge is -2.05. The molecule has 0 radical (unpaired) electrons. The second kappa shape index (κ2) is 5.10. The number of alkyl halides is 3. The van der Waals surface area contributed by atoms with E-state index in [1.165, 1.54) is 12.8 Å². The van der Waals surface area contributed by atoms with Crippen LogP contribution in [-0.4, -0.2) is 18.8 Å². The van der Waals surface area contributed by atoms with Gasteiger partial charge in [0.2, 0.25) is 0 Å². The van der Waals surface area contributed by atoms with Gasteiger partial charge in [0.25, 0.3) is 0 Å². The summed E-state index contributed by atoms with van der Waals surface area (Å²) in [5.74, 6) is 1.14. The average Bonchev–Trinajstić information content (AvgIpc) is 2.95. The van der Waals surface area contributed by atoms with E-state index in [-0.39, 0.29) is 6.61 Å². The summed E-state index contributed by atoms with van der Waals surface area (Å²) in [5, 5.41) is 3.25. The molecule has 1 aromatic rings. The van der Waals surface area contributed by atoms with Crippen LogP contribution in [0.15, 0.2) is 16.5 Å². The molecule has 0 spiro atoms. The summed E-state index contributed by atoms with van der Waals surface area (Å²) in [6.45, 7) is -0.782. The van der Waals surface area contributed by atoms with Gasteiger partial charge in [-0.1, -0.05) is 0 Å². The fraction of sp³-hybridized carbons (Fsp3) is 0.636. The lowest BCUT2D eigenvalue weighted by Crippen LogP contribution is -2.16. The summed E-state index contributed by atoms with van der Waals surface area (Å²) < 4.78 is 45.3. The Labute approximate surface area is 96.9 Å². The minimum atomic E-state index is -4.29. The maximum atomic E-state index is 11.8. The summed E-state index contributed by atoms with van der Waals surface area (Å²) in [6.07, 6.45) is -1.92. The van der Waals surface area contributed by atoms with Crippen LogP contribution in [0.5, 0.6) is 0 Å². The first kappa shape index (κ1) is 12.4. The van der Waals surface area contributed by atoms with Crippen molar-refractivity contribution in [3.05, 3.63) is 23.7 Å². The molecule has 6 heteroatoms. The molecule has 96 valence electrons. The van der Waals surface area contributed by atoms with E-state index in [1.54, 1.807) is 12.1 Å². The van der Waals surface area contributed by atoms with Gasteiger partial charge >= 0.3 is 6.18 Å². The predicted molar refractivity (Wildman–Crippen MR) is 54.3 cm³/mol. The lowest BCUT2D eigenvalue weighted by atomic mass is 10.4. The van der Waals surface area contributed by atoms with Crippen LogP contribution in [0.25, 0.3) is 0 Å². The van der Waals surface area contributed by atoms with Crippen LogP contribution in [0.3, 0.4) is 0 Å². The van der Waals surface area contributed by atoms with Gasteiger partial charge in [-0.25, -0.2) is 0 Å². The van der Waals surface area contributed by atoms with Crippen molar-refractivity contribution < 1.29 is 22.3 Å². The van der Waals surface area contributed by atoms with Crippen LogP contribution < -0.4 is 5.32 Å². The van der Waals surface area contributed by atoms with Crippen LogP contribution in [0.4, 0.5) is 13.2 Å². The molecule has 0 bridgehead atoms. The van der Waals surface area contributed by atoms with Gasteiger partial charge in [-0.15, -0.1) is 0 Å². The van der Waals surface area contributed by atoms with Crippen molar-refractivity contribution in [1.82, 2.24) is 5.32 Å². The Bertz CT molecular complexity index is 358. The number of nitrogens with one attached hydrogen (secondary N) is 1. The summed E-state index contributed by atoms with van der Waals surface area (Å²) in [5.41, 5.74) is 0. The summed E-state index contributed by atoms with van der Waals surface area (Å²) >= 11 is 0. The first-order valence-electron chi connectivity index (χ1n) is 5.48. The summed E-state index contributed by atoms with van der Waals surface area (Å²) in [6, 6.07) is 3.96. The molecule has 1 heterocycles. The second-order valence-corrected chi connectivity index (χ2v) is 4.13. The Morgan fingerprint density at radius 1 is 1.29 bits per heavy atom. The van der Waals surface area contributed by atoms with Crippen LogP contribution in [-0.2, 0) is 17.9 Å². The quantitative estimate of drug-likeness (QED) is 0.841. The molecule has 3 nitrogen and oxygen atoms in total. The minimum absolute atomic E-state index is 0.150. The third kappa shape index (κ3) is 4.79. The first-order chi connectivity index (χ1) is 8.03. The zero-order valence-electron chi connectivity index (χ0n) is 9.22. The third-order valence-corrected chi connectivity index (χ3v) is 2.37. The monoisotopic (exact) mass is 249 g/mol. The van der Waals surface area contributed by atoms with Gasteiger partial charge in [-0.2, -0.15) is 13.2 Å². The van der Waals surface area contributed by atoms with E-state index in [0.29, 0.717) is 18.3 Å². The van der Waals surface area contributed by atoms with Gasteiger partial charge in [-0.3, -0.25) is 0 Å². The fourth-order valence-electron chi connectivity index (χ4n) is 1.39. The third-order valence-electron chi connectivity index (χ3n) is 2.37. The fourth-order valence-corrected chi connectivity index (χ4v) is 1.39. The zero-order chi connectivity index (χ0) is 12.3. The number of furan rings is 1. The van der Waals surface area contributed by atoms with Crippen molar-refractivity contribution in [3.63, 3.8) is 0 Å². The largest absolute Gasteiger partial charge is 0.462 e. The van der Waals surface area contributed by atoms with E-state index in [0.717, 1.165) is 5.76 Å². The van der Waals surface area contributed by atoms with Gasteiger partial charge in [0.1, 0.15) is 24.7 Å². The molecule has 0 atom stereocenters. The highest BCUT2D eigenvalue weighted by Crippen LogP contribution is 2.20. The molecular formula is C11H14F3NO2. The van der Waals surface area contributed by atoms with E-state index < -0.39 is 12.8 Å². The standard InChI is InChI=1S/C11H14F3NO2/c12-11(13,14)7-16-6-10-4-3-9(17-10)5-15-8-1-2-8/h3-4,8,15H,1-2,5-7H2. The number of hydrogen-bond acceptors (Lipinski definition) is 3. The highest BCUT2D eigenvalue weighted by molar-refractivity contribution is 5.06. The van der Waals surface area contributed by atoms with Crippen molar-refractivity contribution >= 4 is 0 Å². The van der Waals surface area contributed by atoms with Crippen molar-refractivity contribution in [2.45, 2.75) is 38.2 Å². The Hall–Kier alpha value is -1.01. The van der Waals surface area contributed by atoms with Crippen LogP contribution >= 0.6 is 0 Å². The molecule has 0 saturated heterocycles. The van der Waals surface area contributed by atoms with Crippen LogP contribution in [0, 0.1) is 0 Å². The number of ether oxygens (including phenoxy) is 1. The Balaban J connectivity index is 1.69. The summed E-state index contributed by atoms with van der Waals surface area (Å²) in [4.78, 5) is 0.